The number of allylic oxidation sites excluding steroid dienone is 3. The lowest BCUT2D eigenvalue weighted by molar-refractivity contribution is 0.587. The van der Waals surface area contributed by atoms with Crippen LogP contribution in [-0.2, 0) is 12.5 Å². The molecule has 0 bridgehead atoms. The van der Waals surface area contributed by atoms with Crippen LogP contribution in [0.3, 0.4) is 0 Å². The van der Waals surface area contributed by atoms with Crippen molar-refractivity contribution in [2.24, 2.45) is 7.05 Å². The number of halogens is 1. The van der Waals surface area contributed by atoms with E-state index in [0.29, 0.717) is 11.3 Å². The molecule has 0 fully saturated rings. The Labute approximate surface area is 96.5 Å². The second kappa shape index (κ2) is 4.24. The molecule has 0 unspecified atom stereocenters. The van der Waals surface area contributed by atoms with Gasteiger partial charge in [0.25, 0.3) is 0 Å². The van der Waals surface area contributed by atoms with Gasteiger partial charge < -0.3 is 0 Å². The Morgan fingerprint density at radius 1 is 1.50 bits per heavy atom. The first-order chi connectivity index (χ1) is 7.27. The molecule has 1 aromatic heterocycles. The van der Waals surface area contributed by atoms with Crippen molar-refractivity contribution in [3.8, 4) is 0 Å². The maximum atomic E-state index is 13.4. The van der Waals surface area contributed by atoms with E-state index in [1.165, 1.54) is 13.0 Å². The molecule has 1 aromatic rings. The highest BCUT2D eigenvalue weighted by molar-refractivity contribution is 5.74. The highest BCUT2D eigenvalue weighted by atomic mass is 19.1. The molecule has 0 radical (unpaired) electrons. The van der Waals surface area contributed by atoms with E-state index in [2.05, 4.69) is 32.4 Å². The molecule has 0 aliphatic heterocycles. The minimum Gasteiger partial charge on any atom is -0.275 e. The first kappa shape index (κ1) is 12.7. The standard InChI is InChI=1S/C13H19FN2/c1-7-10(9(2)14)12-11(13(3,4)5)8-16(6)15-12/h7-8H,1H2,2-6H3/b10-9-. The van der Waals surface area contributed by atoms with E-state index in [4.69, 9.17) is 0 Å². The summed E-state index contributed by atoms with van der Waals surface area (Å²) in [6.07, 6.45) is 3.45. The van der Waals surface area contributed by atoms with Crippen LogP contribution in [-0.4, -0.2) is 9.78 Å². The SMILES string of the molecule is C=C/C(=C(\C)F)c1nn(C)cc1C(C)(C)C. The van der Waals surface area contributed by atoms with Crippen molar-refractivity contribution >= 4 is 5.57 Å². The molecule has 0 aliphatic rings. The van der Waals surface area contributed by atoms with Crippen LogP contribution >= 0.6 is 0 Å². The monoisotopic (exact) mass is 222 g/mol. The van der Waals surface area contributed by atoms with Gasteiger partial charge in [-0.05, 0) is 12.3 Å². The number of aryl methyl sites for hydroxylation is 1. The molecule has 88 valence electrons. The van der Waals surface area contributed by atoms with E-state index in [9.17, 15) is 4.39 Å². The summed E-state index contributed by atoms with van der Waals surface area (Å²) in [5.74, 6) is -0.251. The average molecular weight is 222 g/mol. The summed E-state index contributed by atoms with van der Waals surface area (Å²) in [7, 11) is 1.84. The highest BCUT2D eigenvalue weighted by Crippen LogP contribution is 2.31. The van der Waals surface area contributed by atoms with Crippen LogP contribution in [0.1, 0.15) is 39.0 Å². The third kappa shape index (κ3) is 2.40. The lowest BCUT2D eigenvalue weighted by atomic mass is 9.85. The Kier molecular flexibility index (Phi) is 3.36. The Hall–Kier alpha value is -1.38. The first-order valence-electron chi connectivity index (χ1n) is 5.30. The normalized spacial score (nSPS) is 13.6. The van der Waals surface area contributed by atoms with Crippen LogP contribution < -0.4 is 0 Å². The number of hydrogen-bond acceptors (Lipinski definition) is 1. The lowest BCUT2D eigenvalue weighted by Crippen LogP contribution is -2.12. The molecular formula is C13H19FN2. The van der Waals surface area contributed by atoms with Crippen LogP contribution in [0.5, 0.6) is 0 Å². The van der Waals surface area contributed by atoms with E-state index in [1.54, 1.807) is 4.68 Å². The van der Waals surface area contributed by atoms with Crippen molar-refractivity contribution in [2.75, 3.05) is 0 Å². The third-order valence-electron chi connectivity index (χ3n) is 2.47. The summed E-state index contributed by atoms with van der Waals surface area (Å²) in [6.45, 7) is 11.3. The Bertz CT molecular complexity index is 429. The van der Waals surface area contributed by atoms with E-state index in [0.717, 1.165) is 5.56 Å². The minimum atomic E-state index is -0.251. The molecule has 0 saturated heterocycles. The zero-order valence-corrected chi connectivity index (χ0v) is 10.6. The zero-order chi connectivity index (χ0) is 12.5. The Morgan fingerprint density at radius 3 is 2.44 bits per heavy atom. The molecule has 0 saturated carbocycles. The summed E-state index contributed by atoms with van der Waals surface area (Å²) < 4.78 is 15.1. The number of nitrogens with zero attached hydrogens (tertiary/aromatic N) is 2. The van der Waals surface area contributed by atoms with Gasteiger partial charge in [0.05, 0.1) is 5.69 Å². The topological polar surface area (TPSA) is 17.8 Å². The predicted molar refractivity (Wildman–Crippen MR) is 65.8 cm³/mol. The van der Waals surface area contributed by atoms with Crippen LogP contribution in [0.25, 0.3) is 5.57 Å². The molecule has 0 N–H and O–H groups in total. The Balaban J connectivity index is 3.45. The summed E-state index contributed by atoms with van der Waals surface area (Å²) in [6, 6.07) is 0. The third-order valence-corrected chi connectivity index (χ3v) is 2.47. The van der Waals surface area contributed by atoms with E-state index < -0.39 is 0 Å². The fourth-order valence-electron chi connectivity index (χ4n) is 1.64. The van der Waals surface area contributed by atoms with E-state index >= 15 is 0 Å². The van der Waals surface area contributed by atoms with Gasteiger partial charge in [-0.3, -0.25) is 4.68 Å². The van der Waals surface area contributed by atoms with Crippen molar-refractivity contribution in [2.45, 2.75) is 33.1 Å². The molecule has 1 rings (SSSR count). The van der Waals surface area contributed by atoms with Crippen molar-refractivity contribution in [1.29, 1.82) is 0 Å². The van der Waals surface area contributed by atoms with Crippen LogP contribution in [0.2, 0.25) is 0 Å². The van der Waals surface area contributed by atoms with Gasteiger partial charge in [-0.15, -0.1) is 0 Å². The van der Waals surface area contributed by atoms with Crippen molar-refractivity contribution in [1.82, 2.24) is 9.78 Å². The van der Waals surface area contributed by atoms with E-state index in [-0.39, 0.29) is 11.2 Å². The van der Waals surface area contributed by atoms with Gasteiger partial charge in [-0.2, -0.15) is 5.10 Å². The molecular weight excluding hydrogens is 203 g/mol. The summed E-state index contributed by atoms with van der Waals surface area (Å²) in [5.41, 5.74) is 2.13. The molecule has 0 amide bonds. The first-order valence-corrected chi connectivity index (χ1v) is 5.30. The van der Waals surface area contributed by atoms with Gasteiger partial charge in [0.15, 0.2) is 0 Å². The second-order valence-corrected chi connectivity index (χ2v) is 4.97. The summed E-state index contributed by atoms with van der Waals surface area (Å²) in [4.78, 5) is 0. The Morgan fingerprint density at radius 2 is 2.06 bits per heavy atom. The second-order valence-electron chi connectivity index (χ2n) is 4.97. The molecule has 0 aromatic carbocycles. The van der Waals surface area contributed by atoms with Gasteiger partial charge >= 0.3 is 0 Å². The van der Waals surface area contributed by atoms with Crippen molar-refractivity contribution in [3.63, 3.8) is 0 Å². The van der Waals surface area contributed by atoms with Crippen molar-refractivity contribution in [3.05, 3.63) is 35.9 Å². The van der Waals surface area contributed by atoms with E-state index in [1.807, 2.05) is 13.2 Å². The fraction of sp³-hybridized carbons (Fsp3) is 0.462. The number of rotatable bonds is 2. The van der Waals surface area contributed by atoms with Gasteiger partial charge in [0, 0.05) is 24.4 Å². The van der Waals surface area contributed by atoms with Crippen LogP contribution in [0.15, 0.2) is 24.7 Å². The van der Waals surface area contributed by atoms with Gasteiger partial charge in [-0.25, -0.2) is 4.39 Å². The molecule has 16 heavy (non-hydrogen) atoms. The maximum Gasteiger partial charge on any atom is 0.106 e. The quantitative estimate of drug-likeness (QED) is 0.699. The molecule has 0 aliphatic carbocycles. The number of hydrogen-bond donors (Lipinski definition) is 0. The molecule has 1 heterocycles. The minimum absolute atomic E-state index is 0.0622. The number of aromatic nitrogens is 2. The predicted octanol–water partition coefficient (Wildman–Crippen LogP) is 3.60. The molecule has 0 atom stereocenters. The molecule has 0 spiro atoms. The average Bonchev–Trinajstić information content (AvgIpc) is 2.47. The maximum absolute atomic E-state index is 13.4. The highest BCUT2D eigenvalue weighted by Gasteiger charge is 2.23. The van der Waals surface area contributed by atoms with Crippen LogP contribution in [0, 0.1) is 0 Å². The summed E-state index contributed by atoms with van der Waals surface area (Å²) in [5, 5.41) is 4.32. The fourth-order valence-corrected chi connectivity index (χ4v) is 1.64. The molecule has 2 nitrogen and oxygen atoms in total. The van der Waals surface area contributed by atoms with Gasteiger partial charge in [0.1, 0.15) is 5.83 Å². The molecule has 3 heteroatoms. The van der Waals surface area contributed by atoms with Crippen molar-refractivity contribution < 1.29 is 4.39 Å². The van der Waals surface area contributed by atoms with Gasteiger partial charge in [0.2, 0.25) is 0 Å². The smallest absolute Gasteiger partial charge is 0.106 e. The van der Waals surface area contributed by atoms with Crippen LogP contribution in [0.4, 0.5) is 4.39 Å². The zero-order valence-electron chi connectivity index (χ0n) is 10.6. The van der Waals surface area contributed by atoms with Gasteiger partial charge in [-0.1, -0.05) is 33.4 Å². The summed E-state index contributed by atoms with van der Waals surface area (Å²) >= 11 is 0. The lowest BCUT2D eigenvalue weighted by Gasteiger charge is -2.18. The largest absolute Gasteiger partial charge is 0.275 e.